The molecule has 0 bridgehead atoms. The molecular weight excluding hydrogens is 244 g/mol. The van der Waals surface area contributed by atoms with E-state index >= 15 is 0 Å². The molecule has 0 N–H and O–H groups in total. The molecule has 0 saturated carbocycles. The first-order valence-corrected chi connectivity index (χ1v) is 6.54. The highest BCUT2D eigenvalue weighted by Gasteiger charge is 2.31. The summed E-state index contributed by atoms with van der Waals surface area (Å²) in [4.78, 5) is 4.78. The van der Waals surface area contributed by atoms with Crippen molar-refractivity contribution in [2.45, 2.75) is 25.9 Å². The van der Waals surface area contributed by atoms with Gasteiger partial charge in [-0.3, -0.25) is 9.80 Å². The molecule has 2 rings (SSSR count). The lowest BCUT2D eigenvalue weighted by molar-refractivity contribution is 0.0354. The Morgan fingerprint density at radius 3 is 2.75 bits per heavy atom. The zero-order valence-electron chi connectivity index (χ0n) is 9.90. The quantitative estimate of drug-likeness (QED) is 0.811. The Hall–Kier alpha value is -0.230. The third-order valence-corrected chi connectivity index (χ3v) is 4.26. The van der Waals surface area contributed by atoms with E-state index in [9.17, 15) is 0 Å². The number of rotatable bonds is 2. The van der Waals surface area contributed by atoms with Crippen LogP contribution in [0.3, 0.4) is 0 Å². The average Bonchev–Trinajstić information content (AvgIpc) is 2.58. The summed E-state index contributed by atoms with van der Waals surface area (Å²) in [6.07, 6.45) is 0. The van der Waals surface area contributed by atoms with Crippen molar-refractivity contribution in [2.75, 3.05) is 26.7 Å². The summed E-state index contributed by atoms with van der Waals surface area (Å²) < 4.78 is 4.58. The molecule has 1 fully saturated rings. The van der Waals surface area contributed by atoms with Gasteiger partial charge in [-0.1, -0.05) is 16.1 Å². The minimum absolute atomic E-state index is 0.216. The monoisotopic (exact) mass is 260 g/mol. The number of aromatic nitrogens is 2. The Balaban J connectivity index is 2.00. The van der Waals surface area contributed by atoms with E-state index in [1.165, 1.54) is 11.5 Å². The summed E-state index contributed by atoms with van der Waals surface area (Å²) in [5, 5.41) is 4.06. The van der Waals surface area contributed by atoms with Gasteiger partial charge in [-0.25, -0.2) is 0 Å². The highest BCUT2D eigenvalue weighted by atomic mass is 35.5. The van der Waals surface area contributed by atoms with Crippen LogP contribution in [-0.4, -0.2) is 51.6 Å². The second kappa shape index (κ2) is 4.56. The first kappa shape index (κ1) is 12.2. The van der Waals surface area contributed by atoms with Gasteiger partial charge in [0.25, 0.3) is 0 Å². The van der Waals surface area contributed by atoms with Crippen LogP contribution < -0.4 is 0 Å². The number of piperazine rings is 1. The highest BCUT2D eigenvalue weighted by Crippen LogP contribution is 2.23. The molecule has 16 heavy (non-hydrogen) atoms. The smallest absolute Gasteiger partial charge is 0.138 e. The molecule has 1 aromatic rings. The van der Waals surface area contributed by atoms with Crippen LogP contribution >= 0.6 is 23.1 Å². The lowest BCUT2D eigenvalue weighted by Gasteiger charge is -2.45. The maximum atomic E-state index is 6.02. The first-order chi connectivity index (χ1) is 7.49. The van der Waals surface area contributed by atoms with Crippen LogP contribution in [0.1, 0.15) is 19.5 Å². The molecule has 0 aromatic carbocycles. The van der Waals surface area contributed by atoms with Crippen LogP contribution in [0.4, 0.5) is 0 Å². The van der Waals surface area contributed by atoms with Crippen molar-refractivity contribution in [3.63, 3.8) is 0 Å². The topological polar surface area (TPSA) is 32.3 Å². The van der Waals surface area contributed by atoms with Gasteiger partial charge in [-0.05, 0) is 20.9 Å². The van der Waals surface area contributed by atoms with Crippen molar-refractivity contribution in [2.24, 2.45) is 0 Å². The van der Waals surface area contributed by atoms with Crippen molar-refractivity contribution < 1.29 is 0 Å². The van der Waals surface area contributed by atoms with Gasteiger partial charge in [0.05, 0.1) is 0 Å². The van der Waals surface area contributed by atoms with Gasteiger partial charge in [0.2, 0.25) is 0 Å². The Bertz CT molecular complexity index is 365. The van der Waals surface area contributed by atoms with Crippen molar-refractivity contribution >= 4 is 23.1 Å². The fourth-order valence-electron chi connectivity index (χ4n) is 1.98. The summed E-state index contributed by atoms with van der Waals surface area (Å²) in [6.45, 7) is 8.53. The van der Waals surface area contributed by atoms with Crippen molar-refractivity contribution in [1.29, 1.82) is 0 Å². The van der Waals surface area contributed by atoms with Gasteiger partial charge in [-0.15, -0.1) is 5.10 Å². The second-order valence-corrected chi connectivity index (χ2v) is 6.29. The van der Waals surface area contributed by atoms with Crippen LogP contribution in [-0.2, 0) is 6.54 Å². The SMILES string of the molecule is CN1CCN(Cc2nnsc2Cl)CC1(C)C. The summed E-state index contributed by atoms with van der Waals surface area (Å²) >= 11 is 7.28. The molecule has 4 nitrogen and oxygen atoms in total. The number of halogens is 1. The Labute approximate surface area is 105 Å². The molecule has 1 aliphatic rings. The minimum Gasteiger partial charge on any atom is -0.299 e. The van der Waals surface area contributed by atoms with Gasteiger partial charge in [0.15, 0.2) is 0 Å². The molecule has 2 heterocycles. The maximum absolute atomic E-state index is 6.02. The van der Waals surface area contributed by atoms with Gasteiger partial charge in [-0.2, -0.15) is 0 Å². The third kappa shape index (κ3) is 2.53. The molecule has 6 heteroatoms. The van der Waals surface area contributed by atoms with E-state index in [-0.39, 0.29) is 5.54 Å². The zero-order chi connectivity index (χ0) is 11.8. The van der Waals surface area contributed by atoms with E-state index in [4.69, 9.17) is 11.6 Å². The molecular formula is C10H17ClN4S. The van der Waals surface area contributed by atoms with Crippen molar-refractivity contribution in [1.82, 2.24) is 19.4 Å². The largest absolute Gasteiger partial charge is 0.299 e. The van der Waals surface area contributed by atoms with E-state index in [0.29, 0.717) is 0 Å². The number of hydrogen-bond donors (Lipinski definition) is 0. The van der Waals surface area contributed by atoms with Gasteiger partial charge >= 0.3 is 0 Å². The van der Waals surface area contributed by atoms with E-state index in [0.717, 1.165) is 36.2 Å². The van der Waals surface area contributed by atoms with E-state index in [2.05, 4.69) is 40.3 Å². The van der Waals surface area contributed by atoms with Crippen molar-refractivity contribution in [3.05, 3.63) is 10.0 Å². The van der Waals surface area contributed by atoms with Crippen LogP contribution in [0, 0.1) is 0 Å². The summed E-state index contributed by atoms with van der Waals surface area (Å²) in [7, 11) is 2.18. The van der Waals surface area contributed by atoms with E-state index < -0.39 is 0 Å². The Morgan fingerprint density at radius 2 is 2.19 bits per heavy atom. The van der Waals surface area contributed by atoms with Crippen LogP contribution in [0.15, 0.2) is 0 Å². The molecule has 0 radical (unpaired) electrons. The predicted molar refractivity (Wildman–Crippen MR) is 66.9 cm³/mol. The van der Waals surface area contributed by atoms with E-state index in [1.54, 1.807) is 0 Å². The minimum atomic E-state index is 0.216. The molecule has 90 valence electrons. The summed E-state index contributed by atoms with van der Waals surface area (Å²) in [6, 6.07) is 0. The molecule has 0 spiro atoms. The molecule has 1 aromatic heterocycles. The third-order valence-electron chi connectivity index (χ3n) is 3.28. The van der Waals surface area contributed by atoms with Crippen LogP contribution in [0.2, 0.25) is 4.34 Å². The Morgan fingerprint density at radius 1 is 1.44 bits per heavy atom. The number of hydrogen-bond acceptors (Lipinski definition) is 5. The maximum Gasteiger partial charge on any atom is 0.138 e. The fraction of sp³-hybridized carbons (Fsp3) is 0.800. The number of nitrogens with zero attached hydrogens (tertiary/aromatic N) is 4. The van der Waals surface area contributed by atoms with E-state index in [1.807, 2.05) is 0 Å². The van der Waals surface area contributed by atoms with Gasteiger partial charge in [0.1, 0.15) is 10.0 Å². The normalized spacial score (nSPS) is 22.5. The van der Waals surface area contributed by atoms with Crippen LogP contribution in [0.25, 0.3) is 0 Å². The van der Waals surface area contributed by atoms with Gasteiger partial charge < -0.3 is 0 Å². The lowest BCUT2D eigenvalue weighted by Crippen LogP contribution is -2.57. The second-order valence-electron chi connectivity index (χ2n) is 4.94. The fourth-order valence-corrected chi connectivity index (χ4v) is 2.59. The highest BCUT2D eigenvalue weighted by molar-refractivity contribution is 7.10. The molecule has 0 atom stereocenters. The predicted octanol–water partition coefficient (Wildman–Crippen LogP) is 1.72. The standard InChI is InChI=1S/C10H17ClN4S/c1-10(2)7-15(5-4-14(10)3)6-8-9(11)16-13-12-8/h4-7H2,1-3H3. The molecule has 1 aliphatic heterocycles. The van der Waals surface area contributed by atoms with Gasteiger partial charge in [0, 0.05) is 43.3 Å². The molecule has 0 aliphatic carbocycles. The summed E-state index contributed by atoms with van der Waals surface area (Å²) in [5.74, 6) is 0. The zero-order valence-corrected chi connectivity index (χ0v) is 11.5. The first-order valence-electron chi connectivity index (χ1n) is 5.39. The number of likely N-dealkylation sites (N-methyl/N-ethyl adjacent to an activating group) is 1. The van der Waals surface area contributed by atoms with Crippen molar-refractivity contribution in [3.8, 4) is 0 Å². The lowest BCUT2D eigenvalue weighted by atomic mass is 10.00. The molecule has 1 saturated heterocycles. The summed E-state index contributed by atoms with van der Waals surface area (Å²) in [5.41, 5.74) is 1.13. The average molecular weight is 261 g/mol. The Kier molecular flexibility index (Phi) is 3.49. The molecule has 0 unspecified atom stereocenters. The molecule has 0 amide bonds. The van der Waals surface area contributed by atoms with Crippen LogP contribution in [0.5, 0.6) is 0 Å².